The normalized spacial score (nSPS) is 10.8. The highest BCUT2D eigenvalue weighted by Crippen LogP contribution is 2.14. The third-order valence-electron chi connectivity index (χ3n) is 2.58. The summed E-state index contributed by atoms with van der Waals surface area (Å²) in [6.45, 7) is 5.63. The van der Waals surface area contributed by atoms with E-state index in [0.29, 0.717) is 23.7 Å². The quantitative estimate of drug-likeness (QED) is 0.872. The van der Waals surface area contributed by atoms with Crippen LogP contribution in [0.15, 0.2) is 10.6 Å². The Kier molecular flexibility index (Phi) is 2.71. The Morgan fingerprint density at radius 3 is 2.65 bits per heavy atom. The minimum Gasteiger partial charge on any atom is -0.478 e. The van der Waals surface area contributed by atoms with Gasteiger partial charge in [-0.1, -0.05) is 5.16 Å². The summed E-state index contributed by atoms with van der Waals surface area (Å²) in [5.74, 6) is -0.301. The van der Waals surface area contributed by atoms with Crippen molar-refractivity contribution in [3.05, 3.63) is 34.5 Å². The predicted molar refractivity (Wildman–Crippen MR) is 59.0 cm³/mol. The molecule has 0 saturated carbocycles. The highest BCUT2D eigenvalue weighted by molar-refractivity contribution is 5.90. The smallest absolute Gasteiger partial charge is 0.339 e. The molecule has 2 heterocycles. The van der Waals surface area contributed by atoms with Gasteiger partial charge in [0.25, 0.3) is 0 Å². The van der Waals surface area contributed by atoms with E-state index >= 15 is 0 Å². The molecule has 0 radical (unpaired) electrons. The number of carboxylic acids is 1. The van der Waals surface area contributed by atoms with Crippen LogP contribution < -0.4 is 0 Å². The van der Waals surface area contributed by atoms with E-state index in [1.54, 1.807) is 24.6 Å². The van der Waals surface area contributed by atoms with E-state index in [1.165, 1.54) is 0 Å². The van der Waals surface area contributed by atoms with E-state index in [0.717, 1.165) is 5.69 Å². The van der Waals surface area contributed by atoms with Gasteiger partial charge in [0.05, 0.1) is 17.1 Å². The van der Waals surface area contributed by atoms with Gasteiger partial charge >= 0.3 is 5.97 Å². The molecule has 0 atom stereocenters. The molecule has 17 heavy (non-hydrogen) atoms. The standard InChI is InChI=1S/C11H13N3O3/c1-6-4-9(17-13-6)5-14-8(3)10(11(15)16)7(2)12-14/h4H,5H2,1-3H3,(H,15,16). The largest absolute Gasteiger partial charge is 0.478 e. The Labute approximate surface area is 97.8 Å². The van der Waals surface area contributed by atoms with Crippen LogP contribution in [-0.4, -0.2) is 26.0 Å². The van der Waals surface area contributed by atoms with E-state index < -0.39 is 5.97 Å². The molecule has 0 aliphatic rings. The van der Waals surface area contributed by atoms with Gasteiger partial charge in [-0.25, -0.2) is 4.79 Å². The highest BCUT2D eigenvalue weighted by atomic mass is 16.5. The summed E-state index contributed by atoms with van der Waals surface area (Å²) in [7, 11) is 0. The number of hydrogen-bond acceptors (Lipinski definition) is 4. The summed E-state index contributed by atoms with van der Waals surface area (Å²) in [5.41, 5.74) is 2.16. The van der Waals surface area contributed by atoms with Crippen LogP contribution in [0.3, 0.4) is 0 Å². The van der Waals surface area contributed by atoms with Crippen LogP contribution in [0.2, 0.25) is 0 Å². The molecular formula is C11H13N3O3. The van der Waals surface area contributed by atoms with E-state index in [1.807, 2.05) is 6.92 Å². The van der Waals surface area contributed by atoms with Crippen molar-refractivity contribution in [1.29, 1.82) is 0 Å². The first-order valence-electron chi connectivity index (χ1n) is 5.18. The number of nitrogens with zero attached hydrogens (tertiary/aromatic N) is 3. The molecule has 2 aromatic rings. The lowest BCUT2D eigenvalue weighted by atomic mass is 10.2. The fourth-order valence-corrected chi connectivity index (χ4v) is 1.80. The Morgan fingerprint density at radius 2 is 2.18 bits per heavy atom. The van der Waals surface area contributed by atoms with Crippen LogP contribution in [0.4, 0.5) is 0 Å². The minimum atomic E-state index is -0.958. The average Bonchev–Trinajstić information content (AvgIpc) is 2.73. The van der Waals surface area contributed by atoms with Crippen molar-refractivity contribution in [3.8, 4) is 0 Å². The van der Waals surface area contributed by atoms with Crippen molar-refractivity contribution in [2.24, 2.45) is 0 Å². The van der Waals surface area contributed by atoms with E-state index in [2.05, 4.69) is 10.3 Å². The summed E-state index contributed by atoms with van der Waals surface area (Å²) in [5, 5.41) is 17.0. The van der Waals surface area contributed by atoms with Crippen molar-refractivity contribution in [2.45, 2.75) is 27.3 Å². The molecule has 0 aromatic carbocycles. The SMILES string of the molecule is Cc1cc(Cn2nc(C)c(C(=O)O)c2C)on1. The van der Waals surface area contributed by atoms with Crippen LogP contribution in [0.25, 0.3) is 0 Å². The van der Waals surface area contributed by atoms with Crippen LogP contribution in [0.5, 0.6) is 0 Å². The van der Waals surface area contributed by atoms with E-state index in [4.69, 9.17) is 9.63 Å². The summed E-state index contributed by atoms with van der Waals surface area (Å²) < 4.78 is 6.68. The summed E-state index contributed by atoms with van der Waals surface area (Å²) >= 11 is 0. The number of aromatic carboxylic acids is 1. The predicted octanol–water partition coefficient (Wildman–Crippen LogP) is 1.54. The molecule has 0 fully saturated rings. The maximum absolute atomic E-state index is 11.0. The number of hydrogen-bond donors (Lipinski definition) is 1. The van der Waals surface area contributed by atoms with Crippen LogP contribution >= 0.6 is 0 Å². The fourth-order valence-electron chi connectivity index (χ4n) is 1.80. The molecule has 0 amide bonds. The van der Waals surface area contributed by atoms with Gasteiger partial charge in [-0.05, 0) is 20.8 Å². The van der Waals surface area contributed by atoms with Gasteiger partial charge in [-0.2, -0.15) is 5.10 Å². The monoisotopic (exact) mass is 235 g/mol. The van der Waals surface area contributed by atoms with Crippen LogP contribution in [0.1, 0.15) is 33.2 Å². The number of carboxylic acid groups (broad SMARTS) is 1. The zero-order valence-electron chi connectivity index (χ0n) is 9.89. The number of aryl methyl sites for hydroxylation is 2. The molecule has 0 aliphatic carbocycles. The maximum Gasteiger partial charge on any atom is 0.339 e. The van der Waals surface area contributed by atoms with Gasteiger partial charge in [0, 0.05) is 6.07 Å². The zero-order valence-corrected chi connectivity index (χ0v) is 9.89. The second-order valence-corrected chi connectivity index (χ2v) is 3.94. The van der Waals surface area contributed by atoms with Gasteiger partial charge in [0.1, 0.15) is 12.1 Å². The lowest BCUT2D eigenvalue weighted by Crippen LogP contribution is -2.05. The van der Waals surface area contributed by atoms with Crippen LogP contribution in [0, 0.1) is 20.8 Å². The molecule has 1 N–H and O–H groups in total. The van der Waals surface area contributed by atoms with Crippen molar-refractivity contribution in [2.75, 3.05) is 0 Å². The lowest BCUT2D eigenvalue weighted by Gasteiger charge is -2.00. The van der Waals surface area contributed by atoms with Crippen molar-refractivity contribution in [3.63, 3.8) is 0 Å². The molecule has 0 bridgehead atoms. The maximum atomic E-state index is 11.0. The molecule has 0 spiro atoms. The third kappa shape index (κ3) is 2.06. The van der Waals surface area contributed by atoms with Crippen molar-refractivity contribution >= 4 is 5.97 Å². The van der Waals surface area contributed by atoms with Crippen LogP contribution in [-0.2, 0) is 6.54 Å². The van der Waals surface area contributed by atoms with Crippen molar-refractivity contribution < 1.29 is 14.4 Å². The van der Waals surface area contributed by atoms with Gasteiger partial charge in [0.2, 0.25) is 0 Å². The molecule has 0 unspecified atom stereocenters. The molecule has 2 aromatic heterocycles. The van der Waals surface area contributed by atoms with Gasteiger partial charge in [-0.3, -0.25) is 4.68 Å². The molecule has 6 nitrogen and oxygen atoms in total. The molecule has 6 heteroatoms. The van der Waals surface area contributed by atoms with Gasteiger partial charge < -0.3 is 9.63 Å². The second-order valence-electron chi connectivity index (χ2n) is 3.94. The van der Waals surface area contributed by atoms with Gasteiger partial charge in [-0.15, -0.1) is 0 Å². The Hall–Kier alpha value is -2.11. The molecule has 2 rings (SSSR count). The number of aromatic nitrogens is 3. The topological polar surface area (TPSA) is 81.2 Å². The number of rotatable bonds is 3. The molecular weight excluding hydrogens is 222 g/mol. The van der Waals surface area contributed by atoms with E-state index in [9.17, 15) is 4.79 Å². The Morgan fingerprint density at radius 1 is 1.47 bits per heavy atom. The molecule has 90 valence electrons. The highest BCUT2D eigenvalue weighted by Gasteiger charge is 2.18. The summed E-state index contributed by atoms with van der Waals surface area (Å²) in [4.78, 5) is 11.0. The van der Waals surface area contributed by atoms with Gasteiger partial charge in [0.15, 0.2) is 5.76 Å². The Balaban J connectivity index is 2.34. The molecule has 0 saturated heterocycles. The van der Waals surface area contributed by atoms with E-state index in [-0.39, 0.29) is 5.56 Å². The summed E-state index contributed by atoms with van der Waals surface area (Å²) in [6.07, 6.45) is 0. The zero-order chi connectivity index (χ0) is 12.6. The first-order chi connectivity index (χ1) is 7.99. The second kappa shape index (κ2) is 4.04. The summed E-state index contributed by atoms with van der Waals surface area (Å²) in [6, 6.07) is 1.80. The average molecular weight is 235 g/mol. The minimum absolute atomic E-state index is 0.251. The first kappa shape index (κ1) is 11.4. The third-order valence-corrected chi connectivity index (χ3v) is 2.58. The first-order valence-corrected chi connectivity index (χ1v) is 5.18. The molecule has 0 aliphatic heterocycles. The fraction of sp³-hybridized carbons (Fsp3) is 0.364. The number of carbonyl (C=O) groups is 1. The Bertz CT molecular complexity index is 569. The lowest BCUT2D eigenvalue weighted by molar-refractivity contribution is 0.0695. The van der Waals surface area contributed by atoms with Crippen molar-refractivity contribution in [1.82, 2.24) is 14.9 Å².